The number of hydrogen-bond donors (Lipinski definition) is 1. The van der Waals surface area contributed by atoms with Crippen LogP contribution in [0.1, 0.15) is 37.2 Å². The van der Waals surface area contributed by atoms with Crippen LogP contribution in [0.15, 0.2) is 36.3 Å². The van der Waals surface area contributed by atoms with Crippen LogP contribution in [-0.2, 0) is 10.3 Å². The lowest BCUT2D eigenvalue weighted by Gasteiger charge is -2.39. The van der Waals surface area contributed by atoms with E-state index >= 15 is 0 Å². The molecule has 30 heavy (non-hydrogen) atoms. The van der Waals surface area contributed by atoms with Crippen LogP contribution in [0, 0.1) is 6.92 Å². The van der Waals surface area contributed by atoms with Gasteiger partial charge in [0.25, 0.3) is 0 Å². The molecule has 7 heteroatoms. The molecule has 2 aromatic heterocycles. The molecular formula is C23H31N5O2. The van der Waals surface area contributed by atoms with Crippen molar-refractivity contribution in [3.05, 3.63) is 53.2 Å². The highest BCUT2D eigenvalue weighted by Crippen LogP contribution is 2.30. The Morgan fingerprint density at radius 3 is 2.57 bits per heavy atom. The van der Waals surface area contributed by atoms with Crippen molar-refractivity contribution in [1.82, 2.24) is 19.9 Å². The van der Waals surface area contributed by atoms with Crippen molar-refractivity contribution in [2.75, 3.05) is 44.3 Å². The molecule has 1 N–H and O–H groups in total. The van der Waals surface area contributed by atoms with E-state index in [1.807, 2.05) is 19.1 Å². The Balaban J connectivity index is 1.36. The van der Waals surface area contributed by atoms with E-state index in [-0.39, 0.29) is 0 Å². The molecule has 2 aliphatic heterocycles. The van der Waals surface area contributed by atoms with E-state index in [2.05, 4.69) is 44.7 Å². The Morgan fingerprint density at radius 1 is 1.17 bits per heavy atom. The van der Waals surface area contributed by atoms with E-state index < -0.39 is 5.60 Å². The lowest BCUT2D eigenvalue weighted by molar-refractivity contribution is 0.0229. The van der Waals surface area contributed by atoms with Crippen LogP contribution in [0.3, 0.4) is 0 Å². The van der Waals surface area contributed by atoms with Gasteiger partial charge >= 0.3 is 0 Å². The largest absolute Gasteiger partial charge is 0.383 e. The molecule has 0 bridgehead atoms. The van der Waals surface area contributed by atoms with E-state index in [1.165, 1.54) is 5.57 Å². The zero-order chi connectivity index (χ0) is 21.1. The van der Waals surface area contributed by atoms with Gasteiger partial charge < -0.3 is 14.7 Å². The maximum atomic E-state index is 10.6. The van der Waals surface area contributed by atoms with E-state index in [0.717, 1.165) is 48.9 Å². The van der Waals surface area contributed by atoms with Gasteiger partial charge in [0, 0.05) is 69.4 Å². The average molecular weight is 410 g/mol. The van der Waals surface area contributed by atoms with Crippen LogP contribution in [-0.4, -0.2) is 70.4 Å². The number of aromatic nitrogens is 3. The van der Waals surface area contributed by atoms with Gasteiger partial charge in [-0.2, -0.15) is 0 Å². The first kappa shape index (κ1) is 20.9. The van der Waals surface area contributed by atoms with Crippen LogP contribution in [0.5, 0.6) is 0 Å². The highest BCUT2D eigenvalue weighted by Gasteiger charge is 2.34. The summed E-state index contributed by atoms with van der Waals surface area (Å²) in [6.07, 6.45) is 8.05. The molecule has 0 amide bonds. The van der Waals surface area contributed by atoms with E-state index in [9.17, 15) is 5.11 Å². The Hall–Kier alpha value is -2.35. The molecule has 2 atom stereocenters. The molecule has 2 saturated heterocycles. The van der Waals surface area contributed by atoms with Gasteiger partial charge in [-0.15, -0.1) is 0 Å². The van der Waals surface area contributed by atoms with E-state index in [4.69, 9.17) is 4.74 Å². The number of aryl methyl sites for hydroxylation is 1. The number of pyridine rings is 1. The monoisotopic (exact) mass is 409 g/mol. The van der Waals surface area contributed by atoms with Gasteiger partial charge in [-0.25, -0.2) is 4.98 Å². The van der Waals surface area contributed by atoms with Crippen LogP contribution < -0.4 is 4.90 Å². The van der Waals surface area contributed by atoms with Gasteiger partial charge in [-0.1, -0.05) is 11.6 Å². The Labute approximate surface area is 178 Å². The van der Waals surface area contributed by atoms with Crippen molar-refractivity contribution in [2.45, 2.75) is 38.8 Å². The van der Waals surface area contributed by atoms with Crippen molar-refractivity contribution in [3.63, 3.8) is 0 Å². The van der Waals surface area contributed by atoms with Gasteiger partial charge in [0.05, 0.1) is 18.0 Å². The minimum Gasteiger partial charge on any atom is -0.383 e. The maximum absolute atomic E-state index is 10.6. The second kappa shape index (κ2) is 8.79. The maximum Gasteiger partial charge on any atom is 0.128 e. The number of nitrogens with zero attached hydrogens (tertiary/aromatic N) is 5. The van der Waals surface area contributed by atoms with Gasteiger partial charge in [0.15, 0.2) is 0 Å². The standard InChI is InChI=1S/C23H31N5O2/c1-17(14-21-18(2)24-7-8-25-21)19(3)27-9-11-28(12-10-27)22-5-4-20(15-26-22)23(29)6-13-30-16-23/h4-5,7-8,14-15,19,29H,6,9-13,16H2,1-3H3/b17-14+. The quantitative estimate of drug-likeness (QED) is 0.813. The SMILES string of the molecule is C/C(=C\c1nccnc1C)C(C)N1CCN(c2ccc(C3(O)CCOC3)cn2)CC1. The van der Waals surface area contributed by atoms with Crippen LogP contribution in [0.2, 0.25) is 0 Å². The fourth-order valence-electron chi connectivity index (χ4n) is 4.15. The molecule has 2 aliphatic rings. The minimum absolute atomic E-state index is 0.348. The van der Waals surface area contributed by atoms with Crippen molar-refractivity contribution >= 4 is 11.9 Å². The summed E-state index contributed by atoms with van der Waals surface area (Å²) in [6, 6.07) is 4.36. The first-order valence-electron chi connectivity index (χ1n) is 10.7. The Bertz CT molecular complexity index is 885. The predicted octanol–water partition coefficient (Wildman–Crippen LogP) is 2.40. The number of anilines is 1. The smallest absolute Gasteiger partial charge is 0.128 e. The van der Waals surface area contributed by atoms with Gasteiger partial charge in [0.2, 0.25) is 0 Å². The minimum atomic E-state index is -0.884. The number of aliphatic hydroxyl groups is 1. The van der Waals surface area contributed by atoms with E-state index in [0.29, 0.717) is 25.7 Å². The summed E-state index contributed by atoms with van der Waals surface area (Å²) in [5.74, 6) is 0.969. The van der Waals surface area contributed by atoms with Crippen molar-refractivity contribution < 1.29 is 9.84 Å². The molecule has 2 unspecified atom stereocenters. The van der Waals surface area contributed by atoms with Crippen molar-refractivity contribution in [1.29, 1.82) is 0 Å². The topological polar surface area (TPSA) is 74.6 Å². The van der Waals surface area contributed by atoms with Crippen molar-refractivity contribution in [3.8, 4) is 0 Å². The third-order valence-corrected chi connectivity index (χ3v) is 6.41. The van der Waals surface area contributed by atoms with Crippen LogP contribution >= 0.6 is 0 Å². The first-order chi connectivity index (χ1) is 14.5. The fourth-order valence-corrected chi connectivity index (χ4v) is 4.15. The zero-order valence-corrected chi connectivity index (χ0v) is 18.1. The summed E-state index contributed by atoms with van der Waals surface area (Å²) in [7, 11) is 0. The number of hydrogen-bond acceptors (Lipinski definition) is 7. The molecular weight excluding hydrogens is 378 g/mol. The van der Waals surface area contributed by atoms with E-state index in [1.54, 1.807) is 18.6 Å². The summed E-state index contributed by atoms with van der Waals surface area (Å²) in [6.45, 7) is 11.2. The molecule has 4 heterocycles. The average Bonchev–Trinajstić information content (AvgIpc) is 3.23. The molecule has 2 aromatic rings. The molecule has 0 radical (unpaired) electrons. The zero-order valence-electron chi connectivity index (χ0n) is 18.1. The normalized spacial score (nSPS) is 24.3. The third-order valence-electron chi connectivity index (χ3n) is 6.41. The number of piperazine rings is 1. The fraction of sp³-hybridized carbons (Fsp3) is 0.522. The molecule has 0 aromatic carbocycles. The highest BCUT2D eigenvalue weighted by atomic mass is 16.5. The highest BCUT2D eigenvalue weighted by molar-refractivity contribution is 5.51. The van der Waals surface area contributed by atoms with Gasteiger partial charge in [0.1, 0.15) is 11.4 Å². The Kier molecular flexibility index (Phi) is 6.13. The number of rotatable bonds is 5. The molecule has 2 fully saturated rings. The Morgan fingerprint density at radius 2 is 1.93 bits per heavy atom. The first-order valence-corrected chi connectivity index (χ1v) is 10.7. The molecule has 7 nitrogen and oxygen atoms in total. The van der Waals surface area contributed by atoms with Crippen LogP contribution in [0.4, 0.5) is 5.82 Å². The summed E-state index contributed by atoms with van der Waals surface area (Å²) < 4.78 is 5.35. The molecule has 0 saturated carbocycles. The van der Waals surface area contributed by atoms with Crippen molar-refractivity contribution in [2.24, 2.45) is 0 Å². The second-order valence-corrected chi connectivity index (χ2v) is 8.35. The summed E-state index contributed by atoms with van der Waals surface area (Å²) in [5.41, 5.74) is 3.15. The number of ether oxygens (including phenoxy) is 1. The second-order valence-electron chi connectivity index (χ2n) is 8.35. The lowest BCUT2D eigenvalue weighted by atomic mass is 9.95. The molecule has 4 rings (SSSR count). The summed E-state index contributed by atoms with van der Waals surface area (Å²) >= 11 is 0. The summed E-state index contributed by atoms with van der Waals surface area (Å²) in [5, 5.41) is 10.6. The molecule has 0 spiro atoms. The van der Waals surface area contributed by atoms with Crippen LogP contribution in [0.25, 0.3) is 6.08 Å². The van der Waals surface area contributed by atoms with Gasteiger partial charge in [-0.05, 0) is 32.9 Å². The third kappa shape index (κ3) is 4.38. The molecule has 160 valence electrons. The summed E-state index contributed by atoms with van der Waals surface area (Å²) in [4.78, 5) is 18.2. The lowest BCUT2D eigenvalue weighted by Crippen LogP contribution is -2.50. The van der Waals surface area contributed by atoms with Gasteiger partial charge in [-0.3, -0.25) is 14.9 Å². The predicted molar refractivity (Wildman–Crippen MR) is 117 cm³/mol. The molecule has 0 aliphatic carbocycles.